The fourth-order valence-electron chi connectivity index (χ4n) is 2.65. The van der Waals surface area contributed by atoms with Gasteiger partial charge < -0.3 is 15.2 Å². The maximum absolute atomic E-state index is 4.61. The summed E-state index contributed by atoms with van der Waals surface area (Å²) >= 11 is 0. The summed E-state index contributed by atoms with van der Waals surface area (Å²) in [6, 6.07) is 8.89. The van der Waals surface area contributed by atoms with Gasteiger partial charge in [0.15, 0.2) is 11.8 Å². The van der Waals surface area contributed by atoms with E-state index in [9.17, 15) is 0 Å². The van der Waals surface area contributed by atoms with E-state index in [2.05, 4.69) is 84.7 Å². The van der Waals surface area contributed by atoms with Gasteiger partial charge >= 0.3 is 0 Å². The number of aryl methyl sites for hydroxylation is 1. The quantitative estimate of drug-likeness (QED) is 0.359. The summed E-state index contributed by atoms with van der Waals surface area (Å²) in [6.07, 6.45) is 2.70. The van der Waals surface area contributed by atoms with Crippen molar-refractivity contribution in [3.63, 3.8) is 0 Å². The molecule has 150 valence electrons. The first-order chi connectivity index (χ1) is 12.4. The smallest absolute Gasteiger partial charge is 0.191 e. The zero-order valence-corrected chi connectivity index (χ0v) is 19.4. The van der Waals surface area contributed by atoms with E-state index >= 15 is 0 Å². The van der Waals surface area contributed by atoms with Gasteiger partial charge in [-0.3, -0.25) is 0 Å². The van der Waals surface area contributed by atoms with Crippen LogP contribution in [0, 0.1) is 0 Å². The van der Waals surface area contributed by atoms with Crippen molar-refractivity contribution >= 4 is 29.9 Å². The molecule has 0 radical (unpaired) electrons. The summed E-state index contributed by atoms with van der Waals surface area (Å²) in [6.45, 7) is 13.9. The zero-order chi connectivity index (χ0) is 19.0. The van der Waals surface area contributed by atoms with E-state index in [4.69, 9.17) is 0 Å². The van der Waals surface area contributed by atoms with Gasteiger partial charge in [-0.15, -0.1) is 34.2 Å². The zero-order valence-electron chi connectivity index (χ0n) is 17.1. The van der Waals surface area contributed by atoms with E-state index in [1.165, 1.54) is 11.1 Å². The first-order valence-electron chi connectivity index (χ1n) is 9.42. The van der Waals surface area contributed by atoms with Gasteiger partial charge in [0.1, 0.15) is 12.9 Å². The molecule has 0 saturated carbocycles. The molecule has 0 saturated heterocycles. The number of halogens is 1. The summed E-state index contributed by atoms with van der Waals surface area (Å²) < 4.78 is 2.00. The number of rotatable bonds is 7. The molecule has 0 aliphatic heterocycles. The van der Waals surface area contributed by atoms with Gasteiger partial charge in [0.25, 0.3) is 0 Å². The summed E-state index contributed by atoms with van der Waals surface area (Å²) in [5, 5.41) is 14.7. The second-order valence-corrected chi connectivity index (χ2v) is 7.35. The number of hydrogen-bond donors (Lipinski definition) is 2. The van der Waals surface area contributed by atoms with Crippen LogP contribution < -0.4 is 10.6 Å². The number of hydrogen-bond acceptors (Lipinski definition) is 3. The molecule has 27 heavy (non-hydrogen) atoms. The van der Waals surface area contributed by atoms with Crippen LogP contribution in [0.5, 0.6) is 0 Å². The van der Waals surface area contributed by atoms with Gasteiger partial charge in [-0.1, -0.05) is 45.0 Å². The van der Waals surface area contributed by atoms with Crippen molar-refractivity contribution in [2.24, 2.45) is 4.99 Å². The lowest BCUT2D eigenvalue weighted by atomic mass is 9.86. The number of aromatic nitrogens is 3. The molecule has 1 aromatic carbocycles. The summed E-state index contributed by atoms with van der Waals surface area (Å²) in [4.78, 5) is 4.61. The minimum Gasteiger partial charge on any atom is -0.357 e. The fourth-order valence-corrected chi connectivity index (χ4v) is 2.65. The molecule has 0 unspecified atom stereocenters. The van der Waals surface area contributed by atoms with Crippen molar-refractivity contribution in [1.82, 2.24) is 25.4 Å². The van der Waals surface area contributed by atoms with Crippen molar-refractivity contribution in [2.45, 2.75) is 59.5 Å². The second-order valence-electron chi connectivity index (χ2n) is 7.35. The normalized spacial score (nSPS) is 11.8. The van der Waals surface area contributed by atoms with E-state index in [-0.39, 0.29) is 29.4 Å². The Morgan fingerprint density at radius 2 is 1.81 bits per heavy atom. The van der Waals surface area contributed by atoms with Crippen molar-refractivity contribution in [1.29, 1.82) is 0 Å². The Labute approximate surface area is 180 Å². The minimum atomic E-state index is 0. The molecule has 7 heteroatoms. The van der Waals surface area contributed by atoms with Gasteiger partial charge in [-0.05, 0) is 36.8 Å². The molecule has 0 aliphatic rings. The van der Waals surface area contributed by atoms with Gasteiger partial charge in [0.05, 0.1) is 0 Å². The lowest BCUT2D eigenvalue weighted by molar-refractivity contribution is 0.590. The van der Waals surface area contributed by atoms with E-state index in [1.54, 1.807) is 6.33 Å². The Morgan fingerprint density at radius 3 is 2.41 bits per heavy atom. The lowest BCUT2D eigenvalue weighted by Crippen LogP contribution is -2.38. The van der Waals surface area contributed by atoms with Gasteiger partial charge in [0, 0.05) is 19.6 Å². The molecular formula is C20H33IN6. The highest BCUT2D eigenvalue weighted by molar-refractivity contribution is 14.0. The van der Waals surface area contributed by atoms with Gasteiger partial charge in [-0.2, -0.15) is 0 Å². The highest BCUT2D eigenvalue weighted by atomic mass is 127. The van der Waals surface area contributed by atoms with Gasteiger partial charge in [0.2, 0.25) is 0 Å². The predicted octanol–water partition coefficient (Wildman–Crippen LogP) is 3.51. The maximum Gasteiger partial charge on any atom is 0.191 e. The highest BCUT2D eigenvalue weighted by Gasteiger charge is 2.12. The van der Waals surface area contributed by atoms with E-state index < -0.39 is 0 Å². The number of benzene rings is 1. The first-order valence-corrected chi connectivity index (χ1v) is 9.42. The Morgan fingerprint density at radius 1 is 1.11 bits per heavy atom. The summed E-state index contributed by atoms with van der Waals surface area (Å²) in [5.41, 5.74) is 2.89. The third-order valence-electron chi connectivity index (χ3n) is 4.29. The lowest BCUT2D eigenvalue weighted by Gasteiger charge is -2.19. The van der Waals surface area contributed by atoms with Crippen LogP contribution in [-0.4, -0.2) is 33.8 Å². The van der Waals surface area contributed by atoms with E-state index in [1.807, 2.05) is 4.57 Å². The topological polar surface area (TPSA) is 67.1 Å². The molecule has 0 amide bonds. The fraction of sp³-hybridized carbons (Fsp3) is 0.550. The Kier molecular flexibility index (Phi) is 9.76. The Hall–Kier alpha value is -1.64. The highest BCUT2D eigenvalue weighted by Crippen LogP contribution is 2.22. The molecule has 6 nitrogen and oxygen atoms in total. The largest absolute Gasteiger partial charge is 0.357 e. The van der Waals surface area contributed by atoms with Crippen molar-refractivity contribution in [2.75, 3.05) is 13.1 Å². The molecule has 2 rings (SSSR count). The number of nitrogens with one attached hydrogen (secondary N) is 2. The Bertz CT molecular complexity index is 700. The average molecular weight is 484 g/mol. The van der Waals surface area contributed by atoms with Crippen molar-refractivity contribution in [3.05, 3.63) is 47.5 Å². The molecule has 0 bridgehead atoms. The van der Waals surface area contributed by atoms with Crippen LogP contribution >= 0.6 is 24.0 Å². The number of guanidine groups is 1. The second kappa shape index (κ2) is 11.3. The maximum atomic E-state index is 4.61. The monoisotopic (exact) mass is 484 g/mol. The van der Waals surface area contributed by atoms with Crippen LogP contribution in [0.15, 0.2) is 35.6 Å². The molecule has 2 aromatic rings. The van der Waals surface area contributed by atoms with Crippen LogP contribution in [0.3, 0.4) is 0 Å². The van der Waals surface area contributed by atoms with Crippen LogP contribution in [0.1, 0.15) is 51.6 Å². The van der Waals surface area contributed by atoms with E-state index in [0.717, 1.165) is 37.8 Å². The molecule has 0 spiro atoms. The molecule has 0 aliphatic carbocycles. The third-order valence-corrected chi connectivity index (χ3v) is 4.29. The number of nitrogens with zero attached hydrogens (tertiary/aromatic N) is 4. The standard InChI is InChI=1S/C20H32N6.HI/c1-6-21-19(23-14-18-25-24-15-26(18)7-2)22-13-12-16-8-10-17(11-9-16)20(3,4)5;/h8-11,15H,6-7,12-14H2,1-5H3,(H2,21,22,23);1H. The molecule has 0 fully saturated rings. The molecule has 1 heterocycles. The van der Waals surface area contributed by atoms with Crippen molar-refractivity contribution in [3.8, 4) is 0 Å². The molecule has 0 atom stereocenters. The summed E-state index contributed by atoms with van der Waals surface area (Å²) in [7, 11) is 0. The third kappa shape index (κ3) is 7.48. The van der Waals surface area contributed by atoms with Crippen LogP contribution in [0.25, 0.3) is 0 Å². The summed E-state index contributed by atoms with van der Waals surface area (Å²) in [5.74, 6) is 1.69. The van der Waals surface area contributed by atoms with Crippen LogP contribution in [0.2, 0.25) is 0 Å². The van der Waals surface area contributed by atoms with Crippen molar-refractivity contribution < 1.29 is 0 Å². The van der Waals surface area contributed by atoms with Gasteiger partial charge in [-0.25, -0.2) is 4.99 Å². The SMILES string of the molecule is CCNC(=NCc1nncn1CC)NCCc1ccc(C(C)(C)C)cc1.I. The molecular weight excluding hydrogens is 451 g/mol. The van der Waals surface area contributed by atoms with Crippen LogP contribution in [0.4, 0.5) is 0 Å². The van der Waals surface area contributed by atoms with E-state index in [0.29, 0.717) is 6.54 Å². The minimum absolute atomic E-state index is 0. The molecule has 1 aromatic heterocycles. The predicted molar refractivity (Wildman–Crippen MR) is 123 cm³/mol. The number of aliphatic imine (C=N–C) groups is 1. The Balaban J connectivity index is 0.00000364. The first kappa shape index (κ1) is 23.4. The average Bonchev–Trinajstić information content (AvgIpc) is 3.07. The molecule has 2 N–H and O–H groups in total. The van der Waals surface area contributed by atoms with Crippen LogP contribution in [-0.2, 0) is 24.9 Å².